The topological polar surface area (TPSA) is 26.3 Å². The van der Waals surface area contributed by atoms with Gasteiger partial charge in [-0.3, -0.25) is 4.79 Å². The predicted octanol–water partition coefficient (Wildman–Crippen LogP) is 0.904. The van der Waals surface area contributed by atoms with E-state index in [4.69, 9.17) is 0 Å². The average Bonchev–Trinajstić information content (AvgIpc) is 1.98. The molecule has 0 saturated carbocycles. The summed E-state index contributed by atoms with van der Waals surface area (Å²) in [6.07, 6.45) is 3.20. The van der Waals surface area contributed by atoms with Crippen LogP contribution in [0.1, 0.15) is 33.1 Å². The van der Waals surface area contributed by atoms with Crippen LogP contribution >= 0.6 is 0 Å². The molecule has 0 amide bonds. The van der Waals surface area contributed by atoms with Crippen molar-refractivity contribution in [3.63, 3.8) is 0 Å². The Balaban J connectivity index is 3.41. The van der Waals surface area contributed by atoms with Gasteiger partial charge < -0.3 is 4.65 Å². The lowest BCUT2D eigenvalue weighted by molar-refractivity contribution is -0.138. The molecule has 2 nitrogen and oxygen atoms in total. The summed E-state index contributed by atoms with van der Waals surface area (Å²) in [5.41, 5.74) is 0. The molecule has 0 aromatic rings. The van der Waals surface area contributed by atoms with E-state index >= 15 is 0 Å². The summed E-state index contributed by atoms with van der Waals surface area (Å²) in [5.74, 6) is -0.0154. The van der Waals surface area contributed by atoms with Crippen molar-refractivity contribution in [2.75, 3.05) is 0 Å². The molecule has 0 N–H and O–H groups in total. The second kappa shape index (κ2) is 5.33. The van der Waals surface area contributed by atoms with Gasteiger partial charge in [-0.15, -0.1) is 0 Å². The molecular weight excluding hydrogens is 127 g/mol. The van der Waals surface area contributed by atoms with Gasteiger partial charge in [0.2, 0.25) is 0 Å². The van der Waals surface area contributed by atoms with Gasteiger partial charge in [0, 0.05) is 0 Å². The maximum Gasteiger partial charge on any atom is 0.325 e. The zero-order valence-electron chi connectivity index (χ0n) is 7.02. The van der Waals surface area contributed by atoms with Gasteiger partial charge in [0.05, 0.1) is 5.92 Å². The van der Waals surface area contributed by atoms with Crippen LogP contribution < -0.4 is 0 Å². The minimum Gasteiger partial charge on any atom is -0.543 e. The zero-order valence-corrected chi connectivity index (χ0v) is 7.02. The smallest absolute Gasteiger partial charge is 0.325 e. The summed E-state index contributed by atoms with van der Waals surface area (Å²) in [7, 11) is 1.44. The number of rotatable bonds is 4. The third kappa shape index (κ3) is 3.54. The molecule has 0 bridgehead atoms. The fourth-order valence-corrected chi connectivity index (χ4v) is 0.829. The molecular formula is C7H15BO2. The third-order valence-electron chi connectivity index (χ3n) is 1.59. The van der Waals surface area contributed by atoms with Crippen LogP contribution in [0, 0.1) is 5.92 Å². The first kappa shape index (κ1) is 9.53. The maximum absolute atomic E-state index is 10.8. The Bertz CT molecular complexity index is 104. The average molecular weight is 142 g/mol. The van der Waals surface area contributed by atoms with Gasteiger partial charge in [-0.2, -0.15) is 0 Å². The largest absolute Gasteiger partial charge is 0.543 e. The molecule has 0 fully saturated rings. The molecule has 0 heterocycles. The lowest BCUT2D eigenvalue weighted by atomic mass is 10.1. The van der Waals surface area contributed by atoms with E-state index in [1.165, 1.54) is 8.05 Å². The monoisotopic (exact) mass is 142 g/mol. The summed E-state index contributed by atoms with van der Waals surface area (Å²) >= 11 is 0. The van der Waals surface area contributed by atoms with Crippen LogP contribution in [0.5, 0.6) is 0 Å². The Morgan fingerprint density at radius 3 is 2.70 bits per heavy atom. The van der Waals surface area contributed by atoms with Gasteiger partial charge in [0.1, 0.15) is 0 Å². The summed E-state index contributed by atoms with van der Waals surface area (Å²) in [6, 6.07) is 0. The number of carbonyl (C=O) groups is 1. The Morgan fingerprint density at radius 1 is 1.70 bits per heavy atom. The van der Waals surface area contributed by atoms with Crippen LogP contribution in [0.15, 0.2) is 0 Å². The van der Waals surface area contributed by atoms with E-state index in [-0.39, 0.29) is 11.9 Å². The Morgan fingerprint density at radius 2 is 2.30 bits per heavy atom. The molecule has 0 aliphatic heterocycles. The van der Waals surface area contributed by atoms with Crippen molar-refractivity contribution >= 4 is 14.0 Å². The van der Waals surface area contributed by atoms with Crippen LogP contribution in [0.25, 0.3) is 0 Å². The second-order valence-corrected chi connectivity index (χ2v) is 2.57. The van der Waals surface area contributed by atoms with Crippen LogP contribution in [0.4, 0.5) is 0 Å². The van der Waals surface area contributed by atoms with Crippen molar-refractivity contribution in [3.8, 4) is 0 Å². The standard InChI is InChI=1S/C7H15BO2/c1-3-4-5-6(2)7(9)10-8/h6H,3-5,8H2,1-2H3. The molecule has 0 spiro atoms. The Labute approximate surface area is 63.4 Å². The molecule has 58 valence electrons. The van der Waals surface area contributed by atoms with Gasteiger partial charge in [-0.1, -0.05) is 26.7 Å². The highest BCUT2D eigenvalue weighted by Crippen LogP contribution is 2.08. The minimum atomic E-state index is -0.0894. The lowest BCUT2D eigenvalue weighted by Crippen LogP contribution is -2.12. The van der Waals surface area contributed by atoms with E-state index in [1.54, 1.807) is 0 Å². The van der Waals surface area contributed by atoms with E-state index in [1.807, 2.05) is 6.92 Å². The van der Waals surface area contributed by atoms with E-state index in [0.717, 1.165) is 19.3 Å². The van der Waals surface area contributed by atoms with Crippen LogP contribution in [-0.2, 0) is 9.45 Å². The number of carbonyl (C=O) groups excluding carboxylic acids is 1. The molecule has 1 atom stereocenters. The van der Waals surface area contributed by atoms with Gasteiger partial charge >= 0.3 is 8.05 Å². The van der Waals surface area contributed by atoms with Crippen LogP contribution in [0.3, 0.4) is 0 Å². The van der Waals surface area contributed by atoms with Crippen molar-refractivity contribution in [2.45, 2.75) is 33.1 Å². The molecule has 3 heteroatoms. The van der Waals surface area contributed by atoms with Gasteiger partial charge in [0.25, 0.3) is 5.97 Å². The SMILES string of the molecule is BOC(=O)C(C)CCCC. The second-order valence-electron chi connectivity index (χ2n) is 2.57. The summed E-state index contributed by atoms with van der Waals surface area (Å²) in [6.45, 7) is 4.02. The lowest BCUT2D eigenvalue weighted by Gasteiger charge is -2.07. The van der Waals surface area contributed by atoms with Gasteiger partial charge in [-0.25, -0.2) is 0 Å². The molecule has 0 aromatic heterocycles. The van der Waals surface area contributed by atoms with Crippen molar-refractivity contribution < 1.29 is 9.45 Å². The minimum absolute atomic E-state index is 0.0740. The van der Waals surface area contributed by atoms with Crippen LogP contribution in [-0.4, -0.2) is 14.0 Å². The molecule has 0 saturated heterocycles. The van der Waals surface area contributed by atoms with Crippen molar-refractivity contribution in [1.29, 1.82) is 0 Å². The Hall–Kier alpha value is -0.465. The molecule has 0 aliphatic rings. The molecule has 10 heavy (non-hydrogen) atoms. The molecule has 0 aliphatic carbocycles. The van der Waals surface area contributed by atoms with Gasteiger partial charge in [0.15, 0.2) is 0 Å². The highest BCUT2D eigenvalue weighted by molar-refractivity contribution is 6.05. The fourth-order valence-electron chi connectivity index (χ4n) is 0.829. The zero-order chi connectivity index (χ0) is 7.98. The quantitative estimate of drug-likeness (QED) is 0.545. The van der Waals surface area contributed by atoms with Crippen LogP contribution in [0.2, 0.25) is 0 Å². The Kier molecular flexibility index (Phi) is 5.08. The molecule has 0 aromatic carbocycles. The highest BCUT2D eigenvalue weighted by Gasteiger charge is 2.10. The normalized spacial score (nSPS) is 12.6. The molecule has 0 rings (SSSR count). The first-order chi connectivity index (χ1) is 4.72. The predicted molar refractivity (Wildman–Crippen MR) is 43.3 cm³/mol. The van der Waals surface area contributed by atoms with Gasteiger partial charge in [-0.05, 0) is 6.42 Å². The summed E-state index contributed by atoms with van der Waals surface area (Å²) in [5, 5.41) is 0. The first-order valence-electron chi connectivity index (χ1n) is 3.80. The number of unbranched alkanes of at least 4 members (excludes halogenated alkanes) is 1. The van der Waals surface area contributed by atoms with Crippen molar-refractivity contribution in [1.82, 2.24) is 0 Å². The third-order valence-corrected chi connectivity index (χ3v) is 1.59. The maximum atomic E-state index is 10.8. The first-order valence-corrected chi connectivity index (χ1v) is 3.80. The van der Waals surface area contributed by atoms with E-state index in [9.17, 15) is 4.79 Å². The summed E-state index contributed by atoms with van der Waals surface area (Å²) < 4.78 is 4.57. The van der Waals surface area contributed by atoms with E-state index in [0.29, 0.717) is 0 Å². The van der Waals surface area contributed by atoms with Crippen molar-refractivity contribution in [3.05, 3.63) is 0 Å². The molecule has 1 unspecified atom stereocenters. The fraction of sp³-hybridized carbons (Fsp3) is 0.857. The summed E-state index contributed by atoms with van der Waals surface area (Å²) in [4.78, 5) is 10.8. The number of hydrogen-bond donors (Lipinski definition) is 0. The van der Waals surface area contributed by atoms with Crippen molar-refractivity contribution in [2.24, 2.45) is 5.92 Å². The highest BCUT2D eigenvalue weighted by atomic mass is 16.5. The van der Waals surface area contributed by atoms with E-state index in [2.05, 4.69) is 11.6 Å². The number of hydrogen-bond acceptors (Lipinski definition) is 2. The van der Waals surface area contributed by atoms with E-state index < -0.39 is 0 Å². The molecule has 0 radical (unpaired) electrons.